The van der Waals surface area contributed by atoms with Crippen LogP contribution in [0.3, 0.4) is 0 Å². The van der Waals surface area contributed by atoms with Gasteiger partial charge in [-0.3, -0.25) is 9.59 Å². The Morgan fingerprint density at radius 2 is 1.87 bits per heavy atom. The summed E-state index contributed by atoms with van der Waals surface area (Å²) in [5.74, 6) is 0.501. The molecule has 0 spiro atoms. The van der Waals surface area contributed by atoms with Crippen LogP contribution in [0, 0.1) is 5.41 Å². The van der Waals surface area contributed by atoms with Crippen molar-refractivity contribution in [3.63, 3.8) is 0 Å². The van der Waals surface area contributed by atoms with Gasteiger partial charge in [-0.1, -0.05) is 36.4 Å². The van der Waals surface area contributed by atoms with Crippen molar-refractivity contribution in [3.8, 4) is 0 Å². The van der Waals surface area contributed by atoms with Crippen molar-refractivity contribution in [2.24, 2.45) is 5.41 Å². The van der Waals surface area contributed by atoms with Crippen LogP contribution in [-0.4, -0.2) is 41.3 Å². The molecule has 1 saturated carbocycles. The predicted octanol–water partition coefficient (Wildman–Crippen LogP) is 3.64. The SMILES string of the molecule is CCO[C@H]1CC[C@@](CS)(C(=O)N[C@@H](Cc2ccccc2)C(=O)Nc2ccccn2)CC1. The summed E-state index contributed by atoms with van der Waals surface area (Å²) in [4.78, 5) is 30.6. The van der Waals surface area contributed by atoms with Crippen LogP contribution >= 0.6 is 12.6 Å². The van der Waals surface area contributed by atoms with Gasteiger partial charge in [-0.2, -0.15) is 12.6 Å². The van der Waals surface area contributed by atoms with Gasteiger partial charge in [-0.25, -0.2) is 4.98 Å². The zero-order chi connectivity index (χ0) is 22.1. The molecule has 166 valence electrons. The average molecular weight is 442 g/mol. The largest absolute Gasteiger partial charge is 0.379 e. The Labute approximate surface area is 189 Å². The maximum atomic E-state index is 13.4. The lowest BCUT2D eigenvalue weighted by Gasteiger charge is -2.38. The Kier molecular flexibility index (Phi) is 8.49. The minimum absolute atomic E-state index is 0.116. The molecule has 1 heterocycles. The first-order chi connectivity index (χ1) is 15.1. The fourth-order valence-electron chi connectivity index (χ4n) is 4.02. The van der Waals surface area contributed by atoms with E-state index in [9.17, 15) is 9.59 Å². The summed E-state index contributed by atoms with van der Waals surface area (Å²) in [6.07, 6.45) is 5.26. The number of nitrogens with one attached hydrogen (secondary N) is 2. The molecule has 1 aromatic carbocycles. The van der Waals surface area contributed by atoms with E-state index >= 15 is 0 Å². The van der Waals surface area contributed by atoms with Gasteiger partial charge in [-0.15, -0.1) is 0 Å². The maximum Gasteiger partial charge on any atom is 0.248 e. The highest BCUT2D eigenvalue weighted by atomic mass is 32.1. The van der Waals surface area contributed by atoms with Gasteiger partial charge in [0, 0.05) is 25.0 Å². The summed E-state index contributed by atoms with van der Waals surface area (Å²) < 4.78 is 5.74. The highest BCUT2D eigenvalue weighted by Crippen LogP contribution is 2.38. The molecule has 1 aromatic heterocycles. The normalized spacial score (nSPS) is 21.8. The van der Waals surface area contributed by atoms with E-state index in [1.165, 1.54) is 0 Å². The van der Waals surface area contributed by atoms with Crippen LogP contribution in [0.15, 0.2) is 54.7 Å². The third-order valence-corrected chi connectivity index (χ3v) is 6.50. The third-order valence-electron chi connectivity index (χ3n) is 5.90. The fraction of sp³-hybridized carbons (Fsp3) is 0.458. The van der Waals surface area contributed by atoms with E-state index < -0.39 is 11.5 Å². The molecule has 31 heavy (non-hydrogen) atoms. The monoisotopic (exact) mass is 441 g/mol. The number of aromatic nitrogens is 1. The number of anilines is 1. The molecular formula is C24H31N3O3S. The topological polar surface area (TPSA) is 80.3 Å². The molecule has 0 radical (unpaired) electrons. The van der Waals surface area contributed by atoms with Crippen LogP contribution in [0.5, 0.6) is 0 Å². The summed E-state index contributed by atoms with van der Waals surface area (Å²) in [7, 11) is 0. The minimum Gasteiger partial charge on any atom is -0.379 e. The number of benzene rings is 1. The van der Waals surface area contributed by atoms with Crippen molar-refractivity contribution in [2.45, 2.75) is 51.2 Å². The molecule has 7 heteroatoms. The Morgan fingerprint density at radius 3 is 2.48 bits per heavy atom. The number of rotatable bonds is 9. The van der Waals surface area contributed by atoms with Gasteiger partial charge >= 0.3 is 0 Å². The lowest BCUT2D eigenvalue weighted by molar-refractivity contribution is -0.136. The Morgan fingerprint density at radius 1 is 1.16 bits per heavy atom. The molecule has 1 aliphatic carbocycles. The van der Waals surface area contributed by atoms with E-state index in [4.69, 9.17) is 4.74 Å². The van der Waals surface area contributed by atoms with Crippen LogP contribution in [0.4, 0.5) is 5.82 Å². The van der Waals surface area contributed by atoms with Gasteiger partial charge in [0.1, 0.15) is 11.9 Å². The number of carbonyl (C=O) groups excluding carboxylic acids is 2. The Balaban J connectivity index is 1.73. The van der Waals surface area contributed by atoms with Gasteiger partial charge in [0.15, 0.2) is 0 Å². The van der Waals surface area contributed by atoms with Gasteiger partial charge in [0.05, 0.1) is 11.5 Å². The van der Waals surface area contributed by atoms with Crippen LogP contribution in [0.1, 0.15) is 38.2 Å². The molecule has 2 aromatic rings. The number of hydrogen-bond acceptors (Lipinski definition) is 5. The standard InChI is InChI=1S/C24H31N3O3S/c1-2-30-19-11-13-24(17-31,14-12-19)23(29)26-20(16-18-8-4-3-5-9-18)22(28)27-21-10-6-7-15-25-21/h3-10,15,19-20,31H,2,11-14,16-17H2,1H3,(H,26,29)(H,25,27,28)/t19-,20-,24+/m0/s1. The van der Waals surface area contributed by atoms with Crippen molar-refractivity contribution >= 4 is 30.3 Å². The summed E-state index contributed by atoms with van der Waals surface area (Å²) in [6.45, 7) is 2.67. The summed E-state index contributed by atoms with van der Waals surface area (Å²) in [6, 6.07) is 14.3. The van der Waals surface area contributed by atoms with Crippen LogP contribution in [-0.2, 0) is 20.7 Å². The second-order valence-electron chi connectivity index (χ2n) is 8.01. The van der Waals surface area contributed by atoms with Crippen molar-refractivity contribution in [1.82, 2.24) is 10.3 Å². The van der Waals surface area contributed by atoms with E-state index in [2.05, 4.69) is 28.2 Å². The van der Waals surface area contributed by atoms with E-state index in [1.54, 1.807) is 24.4 Å². The van der Waals surface area contributed by atoms with Gasteiger partial charge in [-0.05, 0) is 50.3 Å². The zero-order valence-corrected chi connectivity index (χ0v) is 18.8. The maximum absolute atomic E-state index is 13.4. The number of amides is 2. The van der Waals surface area contributed by atoms with Crippen molar-refractivity contribution in [3.05, 3.63) is 60.3 Å². The Bertz CT molecular complexity index is 840. The van der Waals surface area contributed by atoms with E-state index in [0.717, 1.165) is 18.4 Å². The second kappa shape index (κ2) is 11.3. The molecule has 6 nitrogen and oxygen atoms in total. The highest BCUT2D eigenvalue weighted by Gasteiger charge is 2.42. The van der Waals surface area contributed by atoms with E-state index in [0.29, 0.717) is 37.4 Å². The zero-order valence-electron chi connectivity index (χ0n) is 17.9. The van der Waals surface area contributed by atoms with E-state index in [1.807, 2.05) is 37.3 Å². The molecule has 1 fully saturated rings. The highest BCUT2D eigenvalue weighted by molar-refractivity contribution is 7.80. The molecule has 2 amide bonds. The number of thiol groups is 1. The van der Waals surface area contributed by atoms with Crippen LogP contribution in [0.25, 0.3) is 0 Å². The van der Waals surface area contributed by atoms with Gasteiger partial charge < -0.3 is 15.4 Å². The van der Waals surface area contributed by atoms with Crippen molar-refractivity contribution < 1.29 is 14.3 Å². The van der Waals surface area contributed by atoms with E-state index in [-0.39, 0.29) is 17.9 Å². The first kappa shape index (κ1) is 23.3. The number of ether oxygens (including phenoxy) is 1. The van der Waals surface area contributed by atoms with Crippen LogP contribution < -0.4 is 10.6 Å². The van der Waals surface area contributed by atoms with Gasteiger partial charge in [0.25, 0.3) is 0 Å². The lowest BCUT2D eigenvalue weighted by atomic mass is 9.73. The molecule has 0 aliphatic heterocycles. The summed E-state index contributed by atoms with van der Waals surface area (Å²) >= 11 is 4.51. The summed E-state index contributed by atoms with van der Waals surface area (Å²) in [5.41, 5.74) is 0.389. The third kappa shape index (κ3) is 6.31. The molecule has 3 rings (SSSR count). The molecule has 2 N–H and O–H groups in total. The quantitative estimate of drug-likeness (QED) is 0.519. The number of pyridine rings is 1. The molecule has 1 aliphatic rings. The van der Waals surface area contributed by atoms with Crippen molar-refractivity contribution in [2.75, 3.05) is 17.7 Å². The second-order valence-corrected chi connectivity index (χ2v) is 8.33. The van der Waals surface area contributed by atoms with Gasteiger partial charge in [0.2, 0.25) is 11.8 Å². The number of carbonyl (C=O) groups is 2. The van der Waals surface area contributed by atoms with Crippen molar-refractivity contribution in [1.29, 1.82) is 0 Å². The first-order valence-electron chi connectivity index (χ1n) is 10.9. The first-order valence-corrected chi connectivity index (χ1v) is 11.5. The van der Waals surface area contributed by atoms with Crippen LogP contribution in [0.2, 0.25) is 0 Å². The number of hydrogen-bond donors (Lipinski definition) is 3. The Hall–Kier alpha value is -2.38. The lowest BCUT2D eigenvalue weighted by Crippen LogP contribution is -2.53. The molecule has 0 unspecified atom stereocenters. The predicted molar refractivity (Wildman–Crippen MR) is 125 cm³/mol. The average Bonchev–Trinajstić information content (AvgIpc) is 2.81. The number of nitrogens with zero attached hydrogens (tertiary/aromatic N) is 1. The minimum atomic E-state index is -0.710. The molecule has 0 bridgehead atoms. The fourth-order valence-corrected chi connectivity index (χ4v) is 4.48. The smallest absolute Gasteiger partial charge is 0.248 e. The molecule has 0 saturated heterocycles. The molecular weight excluding hydrogens is 410 g/mol. The summed E-state index contributed by atoms with van der Waals surface area (Å²) in [5, 5.41) is 5.85. The molecule has 1 atom stereocenters.